The minimum absolute atomic E-state index is 0.0107. The van der Waals surface area contributed by atoms with Crippen LogP contribution in [0.4, 0.5) is 5.95 Å². The van der Waals surface area contributed by atoms with Gasteiger partial charge in [-0.3, -0.25) is 9.48 Å². The Labute approximate surface area is 182 Å². The third-order valence-electron chi connectivity index (χ3n) is 5.64. The van der Waals surface area contributed by atoms with Gasteiger partial charge in [-0.15, -0.1) is 0 Å². The molecule has 0 radical (unpaired) electrons. The quantitative estimate of drug-likeness (QED) is 0.630. The zero-order valence-electron chi connectivity index (χ0n) is 18.4. The van der Waals surface area contributed by atoms with E-state index in [1.165, 1.54) is 0 Å². The van der Waals surface area contributed by atoms with Crippen LogP contribution in [0.1, 0.15) is 41.4 Å². The van der Waals surface area contributed by atoms with Crippen molar-refractivity contribution in [2.45, 2.75) is 25.3 Å². The van der Waals surface area contributed by atoms with Crippen LogP contribution in [0.3, 0.4) is 0 Å². The van der Waals surface area contributed by atoms with E-state index in [0.717, 1.165) is 41.8 Å². The summed E-state index contributed by atoms with van der Waals surface area (Å²) in [6.45, 7) is 0.696. The van der Waals surface area contributed by atoms with E-state index in [-0.39, 0.29) is 11.9 Å². The van der Waals surface area contributed by atoms with Gasteiger partial charge in [-0.05, 0) is 37.0 Å². The zero-order valence-corrected chi connectivity index (χ0v) is 18.4. The molecule has 1 atom stereocenters. The molecular weight excluding hydrogens is 392 g/mol. The van der Waals surface area contributed by atoms with Gasteiger partial charge in [0.05, 0.1) is 30.6 Å². The van der Waals surface area contributed by atoms with E-state index in [4.69, 9.17) is 9.72 Å². The average molecular weight is 421 g/mol. The van der Waals surface area contributed by atoms with Crippen LogP contribution < -0.4 is 9.64 Å². The van der Waals surface area contributed by atoms with E-state index >= 15 is 0 Å². The molecule has 0 unspecified atom stereocenters. The molecule has 1 fully saturated rings. The standard InChI is InChI=1S/C23H28N6O2/c1-27(2)23-24-14-19(16-8-10-18(31-4)11-9-16)21(26-23)20-7-5-6-12-29(20)22(30)17-13-25-28(3)15-17/h8-11,13-15,20H,5-7,12H2,1-4H3/t20-/m1/s1. The first-order valence-corrected chi connectivity index (χ1v) is 10.5. The van der Waals surface area contributed by atoms with Crippen molar-refractivity contribution >= 4 is 11.9 Å². The fraction of sp³-hybridized carbons (Fsp3) is 0.391. The van der Waals surface area contributed by atoms with Crippen molar-refractivity contribution in [2.24, 2.45) is 7.05 Å². The number of piperidine rings is 1. The number of rotatable bonds is 5. The van der Waals surface area contributed by atoms with Gasteiger partial charge in [0.25, 0.3) is 5.91 Å². The van der Waals surface area contributed by atoms with Crippen LogP contribution in [-0.2, 0) is 7.05 Å². The molecule has 0 spiro atoms. The Hall–Kier alpha value is -3.42. The Morgan fingerprint density at radius 1 is 1.16 bits per heavy atom. The molecule has 0 bridgehead atoms. The highest BCUT2D eigenvalue weighted by Gasteiger charge is 2.32. The molecular formula is C23H28N6O2. The van der Waals surface area contributed by atoms with Gasteiger partial charge in [0.2, 0.25) is 5.95 Å². The van der Waals surface area contributed by atoms with Gasteiger partial charge in [-0.1, -0.05) is 12.1 Å². The number of amides is 1. The van der Waals surface area contributed by atoms with Crippen molar-refractivity contribution in [1.82, 2.24) is 24.6 Å². The van der Waals surface area contributed by atoms with Crippen LogP contribution in [0, 0.1) is 0 Å². The summed E-state index contributed by atoms with van der Waals surface area (Å²) in [4.78, 5) is 26.6. The monoisotopic (exact) mass is 420 g/mol. The predicted octanol–water partition coefficient (Wildman–Crippen LogP) is 3.32. The van der Waals surface area contributed by atoms with Crippen molar-refractivity contribution in [2.75, 3.05) is 32.6 Å². The van der Waals surface area contributed by atoms with E-state index < -0.39 is 0 Å². The lowest BCUT2D eigenvalue weighted by atomic mass is 9.93. The Bertz CT molecular complexity index is 1060. The van der Waals surface area contributed by atoms with Crippen molar-refractivity contribution < 1.29 is 9.53 Å². The van der Waals surface area contributed by atoms with Crippen molar-refractivity contribution in [3.05, 3.63) is 54.1 Å². The molecule has 8 nitrogen and oxygen atoms in total. The van der Waals surface area contributed by atoms with Crippen LogP contribution in [0.2, 0.25) is 0 Å². The summed E-state index contributed by atoms with van der Waals surface area (Å²) in [5.74, 6) is 1.41. The van der Waals surface area contributed by atoms with Gasteiger partial charge in [0, 0.05) is 45.6 Å². The Morgan fingerprint density at radius 2 is 1.94 bits per heavy atom. The van der Waals surface area contributed by atoms with Gasteiger partial charge in [0.15, 0.2) is 0 Å². The fourth-order valence-electron chi connectivity index (χ4n) is 4.00. The first-order chi connectivity index (χ1) is 15.0. The lowest BCUT2D eigenvalue weighted by molar-refractivity contribution is 0.0606. The van der Waals surface area contributed by atoms with E-state index in [1.54, 1.807) is 24.2 Å². The summed E-state index contributed by atoms with van der Waals surface area (Å²) in [5.41, 5.74) is 3.41. The first kappa shape index (κ1) is 20.8. The maximum atomic E-state index is 13.3. The number of aromatic nitrogens is 4. The van der Waals surface area contributed by atoms with Crippen LogP contribution in [-0.4, -0.2) is 58.3 Å². The molecule has 162 valence electrons. The predicted molar refractivity (Wildman–Crippen MR) is 119 cm³/mol. The number of anilines is 1. The number of hydrogen-bond donors (Lipinski definition) is 0. The van der Waals surface area contributed by atoms with Crippen LogP contribution >= 0.6 is 0 Å². The number of hydrogen-bond acceptors (Lipinski definition) is 6. The first-order valence-electron chi connectivity index (χ1n) is 10.5. The molecule has 1 saturated heterocycles. The second kappa shape index (κ2) is 8.75. The highest BCUT2D eigenvalue weighted by atomic mass is 16.5. The summed E-state index contributed by atoms with van der Waals surface area (Å²) in [6.07, 6.45) is 8.14. The molecule has 1 aliphatic heterocycles. The third kappa shape index (κ3) is 4.23. The third-order valence-corrected chi connectivity index (χ3v) is 5.64. The molecule has 2 aromatic heterocycles. The van der Waals surface area contributed by atoms with Gasteiger partial charge in [0.1, 0.15) is 5.75 Å². The molecule has 3 heterocycles. The Kier molecular flexibility index (Phi) is 5.88. The second-order valence-corrected chi connectivity index (χ2v) is 8.00. The molecule has 0 aliphatic carbocycles. The summed E-state index contributed by atoms with van der Waals surface area (Å²) >= 11 is 0. The largest absolute Gasteiger partial charge is 0.497 e. The summed E-state index contributed by atoms with van der Waals surface area (Å²) < 4.78 is 6.96. The summed E-state index contributed by atoms with van der Waals surface area (Å²) in [5, 5.41) is 4.17. The van der Waals surface area contributed by atoms with Crippen LogP contribution in [0.5, 0.6) is 5.75 Å². The number of nitrogens with zero attached hydrogens (tertiary/aromatic N) is 6. The SMILES string of the molecule is COc1ccc(-c2cnc(N(C)C)nc2[C@H]2CCCCN2C(=O)c2cnn(C)c2)cc1. The summed E-state index contributed by atoms with van der Waals surface area (Å²) in [7, 11) is 7.32. The zero-order chi connectivity index (χ0) is 22.0. The van der Waals surface area contributed by atoms with E-state index in [9.17, 15) is 4.79 Å². The maximum absolute atomic E-state index is 13.3. The average Bonchev–Trinajstić information content (AvgIpc) is 3.24. The number of ether oxygens (including phenoxy) is 1. The molecule has 31 heavy (non-hydrogen) atoms. The molecule has 8 heteroatoms. The molecule has 1 aliphatic rings. The van der Waals surface area contributed by atoms with E-state index in [1.807, 2.05) is 61.4 Å². The lowest BCUT2D eigenvalue weighted by Crippen LogP contribution is -2.39. The topological polar surface area (TPSA) is 76.4 Å². The van der Waals surface area contributed by atoms with Gasteiger partial charge in [-0.2, -0.15) is 5.10 Å². The number of aryl methyl sites for hydroxylation is 1. The molecule has 0 saturated carbocycles. The van der Waals surface area contributed by atoms with E-state index in [2.05, 4.69) is 10.1 Å². The number of likely N-dealkylation sites (tertiary alicyclic amines) is 1. The van der Waals surface area contributed by atoms with Crippen molar-refractivity contribution in [3.63, 3.8) is 0 Å². The number of methoxy groups -OCH3 is 1. The Morgan fingerprint density at radius 3 is 2.58 bits per heavy atom. The van der Waals surface area contributed by atoms with Crippen LogP contribution in [0.15, 0.2) is 42.9 Å². The highest BCUT2D eigenvalue weighted by Crippen LogP contribution is 2.37. The molecule has 1 aromatic carbocycles. The molecule has 1 amide bonds. The minimum Gasteiger partial charge on any atom is -0.497 e. The van der Waals surface area contributed by atoms with Gasteiger partial charge < -0.3 is 14.5 Å². The lowest BCUT2D eigenvalue weighted by Gasteiger charge is -2.36. The van der Waals surface area contributed by atoms with Gasteiger partial charge in [-0.25, -0.2) is 9.97 Å². The van der Waals surface area contributed by atoms with E-state index in [0.29, 0.717) is 18.1 Å². The number of benzene rings is 1. The fourth-order valence-corrected chi connectivity index (χ4v) is 4.00. The maximum Gasteiger partial charge on any atom is 0.257 e. The minimum atomic E-state index is -0.125. The second-order valence-electron chi connectivity index (χ2n) is 8.00. The number of carbonyl (C=O) groups is 1. The Balaban J connectivity index is 1.78. The van der Waals surface area contributed by atoms with Crippen LogP contribution in [0.25, 0.3) is 11.1 Å². The molecule has 0 N–H and O–H groups in total. The smallest absolute Gasteiger partial charge is 0.257 e. The molecule has 4 rings (SSSR count). The van der Waals surface area contributed by atoms with Crippen molar-refractivity contribution in [1.29, 1.82) is 0 Å². The highest BCUT2D eigenvalue weighted by molar-refractivity contribution is 5.94. The molecule has 3 aromatic rings. The summed E-state index contributed by atoms with van der Waals surface area (Å²) in [6, 6.07) is 7.75. The van der Waals surface area contributed by atoms with Crippen molar-refractivity contribution in [3.8, 4) is 16.9 Å². The normalized spacial score (nSPS) is 16.3. The van der Waals surface area contributed by atoms with Gasteiger partial charge >= 0.3 is 0 Å². The number of carbonyl (C=O) groups excluding carboxylic acids is 1.